The van der Waals surface area contributed by atoms with Crippen molar-refractivity contribution >= 4 is 5.69 Å². The van der Waals surface area contributed by atoms with Crippen molar-refractivity contribution in [3.8, 4) is 0 Å². The first-order chi connectivity index (χ1) is 5.75. The van der Waals surface area contributed by atoms with E-state index >= 15 is 0 Å². The summed E-state index contributed by atoms with van der Waals surface area (Å²) in [6.07, 6.45) is 4.45. The number of hydrogen-bond donors (Lipinski definition) is 2. The molecule has 3 heteroatoms. The first-order valence-corrected chi connectivity index (χ1v) is 4.13. The van der Waals surface area contributed by atoms with E-state index in [4.69, 9.17) is 5.73 Å². The minimum atomic E-state index is -0.469. The lowest BCUT2D eigenvalue weighted by Crippen LogP contribution is -2.02. The van der Waals surface area contributed by atoms with Crippen molar-refractivity contribution < 1.29 is 5.11 Å². The monoisotopic (exact) mass is 166 g/mol. The second-order valence-corrected chi connectivity index (χ2v) is 2.81. The van der Waals surface area contributed by atoms with E-state index in [9.17, 15) is 5.11 Å². The van der Waals surface area contributed by atoms with Crippen molar-refractivity contribution in [3.63, 3.8) is 0 Å². The smallest absolute Gasteiger partial charge is 0.0825 e. The predicted octanol–water partition coefficient (Wildman–Crippen LogP) is 1.50. The minimum absolute atomic E-state index is 0.469. The Morgan fingerprint density at radius 1 is 1.67 bits per heavy atom. The topological polar surface area (TPSA) is 59.1 Å². The second kappa shape index (κ2) is 4.07. The number of hydrogen-bond acceptors (Lipinski definition) is 3. The molecule has 3 nitrogen and oxygen atoms in total. The quantitative estimate of drug-likeness (QED) is 0.715. The van der Waals surface area contributed by atoms with Crippen LogP contribution in [0.4, 0.5) is 5.69 Å². The highest BCUT2D eigenvalue weighted by Gasteiger charge is 2.08. The first kappa shape index (κ1) is 9.00. The molecule has 0 saturated heterocycles. The fraction of sp³-hybridized carbons (Fsp3) is 0.444. The van der Waals surface area contributed by atoms with Crippen LogP contribution in [0.5, 0.6) is 0 Å². The summed E-state index contributed by atoms with van der Waals surface area (Å²) in [5.41, 5.74) is 7.00. The molecule has 0 bridgehead atoms. The molecule has 0 fully saturated rings. The summed E-state index contributed by atoms with van der Waals surface area (Å²) in [5, 5.41) is 9.58. The van der Waals surface area contributed by atoms with Crippen molar-refractivity contribution in [2.24, 2.45) is 0 Å². The SMILES string of the molecule is CCCC(O)c1cnccc1N. The maximum Gasteiger partial charge on any atom is 0.0825 e. The van der Waals surface area contributed by atoms with Gasteiger partial charge in [-0.3, -0.25) is 4.98 Å². The summed E-state index contributed by atoms with van der Waals surface area (Å²) in [4.78, 5) is 3.91. The van der Waals surface area contributed by atoms with Crippen LogP contribution >= 0.6 is 0 Å². The average Bonchev–Trinajstić information content (AvgIpc) is 2.05. The molecule has 1 heterocycles. The van der Waals surface area contributed by atoms with Crippen molar-refractivity contribution in [3.05, 3.63) is 24.0 Å². The minimum Gasteiger partial charge on any atom is -0.398 e. The summed E-state index contributed by atoms with van der Waals surface area (Å²) in [6.45, 7) is 2.02. The van der Waals surface area contributed by atoms with Crippen molar-refractivity contribution in [1.82, 2.24) is 4.98 Å². The standard InChI is InChI=1S/C9H14N2O/c1-2-3-9(12)7-6-11-5-4-8(7)10/h4-6,9,12H,2-3H2,1H3,(H2,10,11). The maximum atomic E-state index is 9.58. The van der Waals surface area contributed by atoms with Crippen LogP contribution in [-0.4, -0.2) is 10.1 Å². The fourth-order valence-electron chi connectivity index (χ4n) is 1.12. The molecule has 0 aliphatic carbocycles. The summed E-state index contributed by atoms with van der Waals surface area (Å²) < 4.78 is 0. The zero-order valence-electron chi connectivity index (χ0n) is 7.20. The summed E-state index contributed by atoms with van der Waals surface area (Å²) in [7, 11) is 0. The van der Waals surface area contributed by atoms with E-state index in [0.29, 0.717) is 5.69 Å². The fourth-order valence-corrected chi connectivity index (χ4v) is 1.12. The molecule has 66 valence electrons. The molecular formula is C9H14N2O. The third-order valence-electron chi connectivity index (χ3n) is 1.81. The number of aliphatic hydroxyl groups excluding tert-OH is 1. The molecule has 0 aliphatic heterocycles. The number of nitrogen functional groups attached to an aromatic ring is 1. The van der Waals surface area contributed by atoms with Crippen molar-refractivity contribution in [2.45, 2.75) is 25.9 Å². The Balaban J connectivity index is 2.79. The Kier molecular flexibility index (Phi) is 3.05. The highest BCUT2D eigenvalue weighted by atomic mass is 16.3. The van der Waals surface area contributed by atoms with Crippen LogP contribution in [0.2, 0.25) is 0 Å². The summed E-state index contributed by atoms with van der Waals surface area (Å²) in [5.74, 6) is 0. The number of nitrogens with zero attached hydrogens (tertiary/aromatic N) is 1. The second-order valence-electron chi connectivity index (χ2n) is 2.81. The molecular weight excluding hydrogens is 152 g/mol. The molecule has 0 radical (unpaired) electrons. The average molecular weight is 166 g/mol. The lowest BCUT2D eigenvalue weighted by atomic mass is 10.1. The molecule has 1 atom stereocenters. The van der Waals surface area contributed by atoms with Crippen LogP contribution in [0.15, 0.2) is 18.5 Å². The number of anilines is 1. The van der Waals surface area contributed by atoms with E-state index in [1.807, 2.05) is 6.92 Å². The molecule has 1 aromatic heterocycles. The molecule has 0 saturated carbocycles. The van der Waals surface area contributed by atoms with Gasteiger partial charge in [0, 0.05) is 23.6 Å². The normalized spacial score (nSPS) is 12.8. The lowest BCUT2D eigenvalue weighted by molar-refractivity contribution is 0.167. The van der Waals surface area contributed by atoms with Gasteiger partial charge in [0.2, 0.25) is 0 Å². The lowest BCUT2D eigenvalue weighted by Gasteiger charge is -2.10. The van der Waals surface area contributed by atoms with Gasteiger partial charge in [-0.1, -0.05) is 13.3 Å². The Labute approximate surface area is 72.2 Å². The molecule has 0 spiro atoms. The van der Waals surface area contributed by atoms with Gasteiger partial charge in [0.25, 0.3) is 0 Å². The first-order valence-electron chi connectivity index (χ1n) is 4.13. The van der Waals surface area contributed by atoms with Crippen LogP contribution in [0.1, 0.15) is 31.4 Å². The van der Waals surface area contributed by atoms with Gasteiger partial charge >= 0.3 is 0 Å². The number of aromatic nitrogens is 1. The van der Waals surface area contributed by atoms with Gasteiger partial charge in [-0.25, -0.2) is 0 Å². The third-order valence-corrected chi connectivity index (χ3v) is 1.81. The molecule has 0 aliphatic rings. The van der Waals surface area contributed by atoms with Gasteiger partial charge in [0.05, 0.1) is 6.10 Å². The third kappa shape index (κ3) is 1.95. The Morgan fingerprint density at radius 3 is 3.00 bits per heavy atom. The zero-order valence-corrected chi connectivity index (χ0v) is 7.20. The van der Waals surface area contributed by atoms with Crippen LogP contribution in [0.3, 0.4) is 0 Å². The molecule has 3 N–H and O–H groups in total. The molecule has 1 aromatic rings. The van der Waals surface area contributed by atoms with E-state index in [-0.39, 0.29) is 0 Å². The maximum absolute atomic E-state index is 9.58. The predicted molar refractivity (Wildman–Crippen MR) is 48.5 cm³/mol. The summed E-state index contributed by atoms with van der Waals surface area (Å²) in [6, 6.07) is 1.70. The molecule has 1 rings (SSSR count). The van der Waals surface area contributed by atoms with Crippen LogP contribution < -0.4 is 5.73 Å². The van der Waals surface area contributed by atoms with Crippen molar-refractivity contribution in [1.29, 1.82) is 0 Å². The molecule has 0 amide bonds. The number of pyridine rings is 1. The van der Waals surface area contributed by atoms with Gasteiger partial charge in [0.15, 0.2) is 0 Å². The van der Waals surface area contributed by atoms with Gasteiger partial charge < -0.3 is 10.8 Å². The van der Waals surface area contributed by atoms with Crippen molar-refractivity contribution in [2.75, 3.05) is 5.73 Å². The van der Waals surface area contributed by atoms with Gasteiger partial charge in [-0.15, -0.1) is 0 Å². The highest BCUT2D eigenvalue weighted by molar-refractivity contribution is 5.45. The van der Waals surface area contributed by atoms with E-state index in [1.165, 1.54) is 0 Å². The molecule has 1 unspecified atom stereocenters. The van der Waals surface area contributed by atoms with Gasteiger partial charge in [-0.05, 0) is 12.5 Å². The van der Waals surface area contributed by atoms with E-state index < -0.39 is 6.10 Å². The molecule has 12 heavy (non-hydrogen) atoms. The zero-order chi connectivity index (χ0) is 8.97. The Hall–Kier alpha value is -1.09. The number of rotatable bonds is 3. The van der Waals surface area contributed by atoms with Crippen LogP contribution in [0, 0.1) is 0 Å². The van der Waals surface area contributed by atoms with Gasteiger partial charge in [-0.2, -0.15) is 0 Å². The van der Waals surface area contributed by atoms with Crippen LogP contribution in [-0.2, 0) is 0 Å². The van der Waals surface area contributed by atoms with Gasteiger partial charge in [0.1, 0.15) is 0 Å². The highest BCUT2D eigenvalue weighted by Crippen LogP contribution is 2.22. The van der Waals surface area contributed by atoms with E-state index in [1.54, 1.807) is 18.5 Å². The largest absolute Gasteiger partial charge is 0.398 e. The van der Waals surface area contributed by atoms with E-state index in [0.717, 1.165) is 18.4 Å². The van der Waals surface area contributed by atoms with Crippen LogP contribution in [0.25, 0.3) is 0 Å². The Bertz CT molecular complexity index is 250. The number of aliphatic hydroxyl groups is 1. The molecule has 0 aromatic carbocycles. The number of nitrogens with two attached hydrogens (primary N) is 1. The Morgan fingerprint density at radius 2 is 2.42 bits per heavy atom. The van der Waals surface area contributed by atoms with E-state index in [2.05, 4.69) is 4.98 Å². The summed E-state index contributed by atoms with van der Waals surface area (Å²) >= 11 is 0.